The summed E-state index contributed by atoms with van der Waals surface area (Å²) in [6.07, 6.45) is 0.892. The summed E-state index contributed by atoms with van der Waals surface area (Å²) in [5.41, 5.74) is 1.13. The third-order valence-electron chi connectivity index (χ3n) is 1.44. The number of halogens is 1. The molecule has 0 nitrogen and oxygen atoms in total. The molecule has 0 saturated carbocycles. The lowest BCUT2D eigenvalue weighted by Gasteiger charge is -2.02. The molecule has 60 valence electrons. The maximum Gasteiger partial charge on any atom is 0.123 e. The van der Waals surface area contributed by atoms with E-state index in [2.05, 4.69) is 12.6 Å². The van der Waals surface area contributed by atoms with Crippen molar-refractivity contribution in [1.82, 2.24) is 0 Å². The number of rotatable bonds is 2. The quantitative estimate of drug-likeness (QED) is 0.648. The van der Waals surface area contributed by atoms with Crippen molar-refractivity contribution in [2.24, 2.45) is 0 Å². The molecule has 0 aliphatic rings. The Morgan fingerprint density at radius 3 is 2.36 bits per heavy atom. The Bertz CT molecular complexity index is 216. The summed E-state index contributed by atoms with van der Waals surface area (Å²) in [6, 6.07) is 6.54. The van der Waals surface area contributed by atoms with Crippen LogP contribution in [0.5, 0.6) is 0 Å². The van der Waals surface area contributed by atoms with Crippen molar-refractivity contribution < 1.29 is 4.39 Å². The predicted molar refractivity (Wildman–Crippen MR) is 48.6 cm³/mol. The minimum absolute atomic E-state index is 0.180. The first-order chi connectivity index (χ1) is 5.18. The summed E-state index contributed by atoms with van der Waals surface area (Å²) in [5, 5.41) is 0.334. The van der Waals surface area contributed by atoms with Gasteiger partial charge < -0.3 is 0 Å². The number of hydrogen-bond donors (Lipinski definition) is 1. The van der Waals surface area contributed by atoms with E-state index in [1.807, 2.05) is 6.92 Å². The highest BCUT2D eigenvalue weighted by atomic mass is 32.1. The highest BCUT2D eigenvalue weighted by Crippen LogP contribution is 2.07. The van der Waals surface area contributed by atoms with Crippen LogP contribution >= 0.6 is 12.6 Å². The van der Waals surface area contributed by atoms with Gasteiger partial charge >= 0.3 is 0 Å². The lowest BCUT2D eigenvalue weighted by atomic mass is 10.1. The molecule has 11 heavy (non-hydrogen) atoms. The van der Waals surface area contributed by atoms with Crippen LogP contribution in [0.15, 0.2) is 24.3 Å². The van der Waals surface area contributed by atoms with Gasteiger partial charge in [0, 0.05) is 5.25 Å². The van der Waals surface area contributed by atoms with Crippen LogP contribution in [0.1, 0.15) is 12.5 Å². The summed E-state index contributed by atoms with van der Waals surface area (Å²) < 4.78 is 12.4. The first-order valence-electron chi connectivity index (χ1n) is 3.61. The minimum Gasteiger partial charge on any atom is -0.207 e. The second-order valence-corrected chi connectivity index (χ2v) is 3.56. The summed E-state index contributed by atoms with van der Waals surface area (Å²) in [5.74, 6) is -0.180. The van der Waals surface area contributed by atoms with E-state index in [1.54, 1.807) is 12.1 Å². The van der Waals surface area contributed by atoms with Crippen molar-refractivity contribution in [2.45, 2.75) is 18.6 Å². The third-order valence-corrected chi connectivity index (χ3v) is 1.63. The minimum atomic E-state index is -0.180. The van der Waals surface area contributed by atoms with Gasteiger partial charge in [0.1, 0.15) is 5.82 Å². The van der Waals surface area contributed by atoms with E-state index in [-0.39, 0.29) is 5.82 Å². The van der Waals surface area contributed by atoms with Crippen LogP contribution in [0, 0.1) is 5.82 Å². The van der Waals surface area contributed by atoms with Gasteiger partial charge in [0.25, 0.3) is 0 Å². The van der Waals surface area contributed by atoms with E-state index in [1.165, 1.54) is 12.1 Å². The first kappa shape index (κ1) is 8.60. The molecule has 1 aromatic carbocycles. The maximum atomic E-state index is 12.4. The zero-order chi connectivity index (χ0) is 8.27. The predicted octanol–water partition coefficient (Wildman–Crippen LogP) is 2.69. The van der Waals surface area contributed by atoms with E-state index >= 15 is 0 Å². The van der Waals surface area contributed by atoms with Crippen LogP contribution in [0.3, 0.4) is 0 Å². The van der Waals surface area contributed by atoms with Crippen molar-refractivity contribution in [1.29, 1.82) is 0 Å². The molecule has 0 aromatic heterocycles. The lowest BCUT2D eigenvalue weighted by molar-refractivity contribution is 0.627. The van der Waals surface area contributed by atoms with Gasteiger partial charge in [0.05, 0.1) is 0 Å². The molecule has 0 saturated heterocycles. The van der Waals surface area contributed by atoms with E-state index in [0.29, 0.717) is 5.25 Å². The SMILES string of the molecule is CC(S)Cc1ccc(F)cc1. The lowest BCUT2D eigenvalue weighted by Crippen LogP contribution is -1.96. The molecule has 0 bridgehead atoms. The Morgan fingerprint density at radius 2 is 1.91 bits per heavy atom. The molecule has 1 unspecified atom stereocenters. The van der Waals surface area contributed by atoms with Gasteiger partial charge in [-0.25, -0.2) is 4.39 Å². The molecule has 2 heteroatoms. The molecule has 1 rings (SSSR count). The van der Waals surface area contributed by atoms with Crippen molar-refractivity contribution >= 4 is 12.6 Å². The number of hydrogen-bond acceptors (Lipinski definition) is 1. The summed E-state index contributed by atoms with van der Waals surface area (Å²) >= 11 is 4.24. The highest BCUT2D eigenvalue weighted by Gasteiger charge is 1.97. The molecule has 0 heterocycles. The van der Waals surface area contributed by atoms with Crippen LogP contribution in [0.2, 0.25) is 0 Å². The fraction of sp³-hybridized carbons (Fsp3) is 0.333. The number of benzene rings is 1. The third kappa shape index (κ3) is 2.93. The van der Waals surface area contributed by atoms with Gasteiger partial charge in [0.15, 0.2) is 0 Å². The van der Waals surface area contributed by atoms with Gasteiger partial charge in [-0.3, -0.25) is 0 Å². The fourth-order valence-corrected chi connectivity index (χ4v) is 1.17. The normalized spacial score (nSPS) is 13.0. The second kappa shape index (κ2) is 3.77. The van der Waals surface area contributed by atoms with Crippen LogP contribution in [-0.2, 0) is 6.42 Å². The average molecular weight is 170 g/mol. The van der Waals surface area contributed by atoms with E-state index < -0.39 is 0 Å². The molecule has 0 fully saturated rings. The van der Waals surface area contributed by atoms with Crippen LogP contribution < -0.4 is 0 Å². The van der Waals surface area contributed by atoms with Crippen molar-refractivity contribution in [3.8, 4) is 0 Å². The molecule has 0 aliphatic carbocycles. The van der Waals surface area contributed by atoms with Crippen LogP contribution in [-0.4, -0.2) is 5.25 Å². The standard InChI is InChI=1S/C9H11FS/c1-7(11)6-8-2-4-9(10)5-3-8/h2-5,7,11H,6H2,1H3. The van der Waals surface area contributed by atoms with Gasteiger partial charge in [-0.05, 0) is 24.1 Å². The first-order valence-corrected chi connectivity index (χ1v) is 4.12. The van der Waals surface area contributed by atoms with E-state index in [4.69, 9.17) is 0 Å². The summed E-state index contributed by atoms with van der Waals surface area (Å²) in [4.78, 5) is 0. The van der Waals surface area contributed by atoms with Crippen molar-refractivity contribution in [3.63, 3.8) is 0 Å². The molecular formula is C9H11FS. The molecule has 0 N–H and O–H groups in total. The maximum absolute atomic E-state index is 12.4. The Balaban J connectivity index is 2.66. The molecule has 0 spiro atoms. The Labute approximate surface area is 71.8 Å². The smallest absolute Gasteiger partial charge is 0.123 e. The Morgan fingerprint density at radius 1 is 1.36 bits per heavy atom. The zero-order valence-corrected chi connectivity index (χ0v) is 7.31. The molecular weight excluding hydrogens is 159 g/mol. The van der Waals surface area contributed by atoms with Crippen molar-refractivity contribution in [2.75, 3.05) is 0 Å². The molecule has 1 aromatic rings. The topological polar surface area (TPSA) is 0 Å². The molecule has 0 amide bonds. The highest BCUT2D eigenvalue weighted by molar-refractivity contribution is 7.80. The monoisotopic (exact) mass is 170 g/mol. The zero-order valence-electron chi connectivity index (χ0n) is 6.42. The van der Waals surface area contributed by atoms with Gasteiger partial charge in [-0.1, -0.05) is 19.1 Å². The summed E-state index contributed by atoms with van der Waals surface area (Å²) in [7, 11) is 0. The van der Waals surface area contributed by atoms with Crippen LogP contribution in [0.25, 0.3) is 0 Å². The van der Waals surface area contributed by atoms with Crippen molar-refractivity contribution in [3.05, 3.63) is 35.6 Å². The summed E-state index contributed by atoms with van der Waals surface area (Å²) in [6.45, 7) is 2.02. The molecule has 1 atom stereocenters. The van der Waals surface area contributed by atoms with Crippen LogP contribution in [0.4, 0.5) is 4.39 Å². The Hall–Kier alpha value is -0.500. The molecule has 0 radical (unpaired) electrons. The molecule has 0 aliphatic heterocycles. The van der Waals surface area contributed by atoms with Gasteiger partial charge in [0.2, 0.25) is 0 Å². The average Bonchev–Trinajstić information content (AvgIpc) is 1.93. The van der Waals surface area contributed by atoms with Gasteiger partial charge in [-0.2, -0.15) is 12.6 Å². The Kier molecular flexibility index (Phi) is 2.94. The van der Waals surface area contributed by atoms with E-state index in [0.717, 1.165) is 12.0 Å². The number of thiol groups is 1. The fourth-order valence-electron chi connectivity index (χ4n) is 0.962. The second-order valence-electron chi connectivity index (χ2n) is 2.68. The van der Waals surface area contributed by atoms with Gasteiger partial charge in [-0.15, -0.1) is 0 Å². The van der Waals surface area contributed by atoms with E-state index in [9.17, 15) is 4.39 Å². The largest absolute Gasteiger partial charge is 0.207 e.